The first-order chi connectivity index (χ1) is 9.60. The molecule has 1 amide bonds. The van der Waals surface area contributed by atoms with Gasteiger partial charge < -0.3 is 16.2 Å². The van der Waals surface area contributed by atoms with Gasteiger partial charge in [-0.3, -0.25) is 4.79 Å². The smallest absolute Gasteiger partial charge is 0.255 e. The van der Waals surface area contributed by atoms with E-state index in [-0.39, 0.29) is 17.2 Å². The highest BCUT2D eigenvalue weighted by atomic mass is 16.3. The summed E-state index contributed by atoms with van der Waals surface area (Å²) in [5.74, 6) is -0.293. The summed E-state index contributed by atoms with van der Waals surface area (Å²) in [6.45, 7) is 2.74. The Morgan fingerprint density at radius 2 is 1.95 bits per heavy atom. The highest BCUT2D eigenvalue weighted by Gasteiger charge is 2.10. The van der Waals surface area contributed by atoms with Crippen molar-refractivity contribution in [3.63, 3.8) is 0 Å². The van der Waals surface area contributed by atoms with E-state index < -0.39 is 0 Å². The van der Waals surface area contributed by atoms with Crippen molar-refractivity contribution in [2.45, 2.75) is 20.0 Å². The molecule has 0 aromatic heterocycles. The molecule has 0 saturated heterocycles. The first-order valence-corrected chi connectivity index (χ1v) is 6.46. The molecule has 0 aliphatic rings. The summed E-state index contributed by atoms with van der Waals surface area (Å²) < 4.78 is 0. The number of aryl methyl sites for hydroxylation is 1. The first kappa shape index (κ1) is 14.1. The van der Waals surface area contributed by atoms with Crippen molar-refractivity contribution in [3.05, 3.63) is 64.7 Å². The Morgan fingerprint density at radius 1 is 1.20 bits per heavy atom. The minimum absolute atomic E-state index is 0.00166. The van der Waals surface area contributed by atoms with Gasteiger partial charge in [-0.2, -0.15) is 0 Å². The number of phenols is 1. The van der Waals surface area contributed by atoms with E-state index in [4.69, 9.17) is 5.73 Å². The van der Waals surface area contributed by atoms with Crippen LogP contribution >= 0.6 is 0 Å². The van der Waals surface area contributed by atoms with Crippen LogP contribution in [0.2, 0.25) is 0 Å². The number of carbonyl (C=O) groups excluding carboxylic acids is 1. The lowest BCUT2D eigenvalue weighted by Crippen LogP contribution is -2.23. The highest BCUT2D eigenvalue weighted by molar-refractivity contribution is 5.96. The Labute approximate surface area is 118 Å². The molecular weight excluding hydrogens is 252 g/mol. The molecule has 2 rings (SSSR count). The Morgan fingerprint density at radius 3 is 2.65 bits per heavy atom. The maximum Gasteiger partial charge on any atom is 0.255 e. The molecule has 20 heavy (non-hydrogen) atoms. The van der Waals surface area contributed by atoms with Gasteiger partial charge in [0, 0.05) is 13.1 Å². The normalized spacial score (nSPS) is 10.3. The summed E-state index contributed by atoms with van der Waals surface area (Å²) in [7, 11) is 0. The van der Waals surface area contributed by atoms with Crippen LogP contribution in [-0.2, 0) is 13.1 Å². The number of benzene rings is 2. The quantitative estimate of drug-likeness (QED) is 0.796. The Bertz CT molecular complexity index is 624. The van der Waals surface area contributed by atoms with Crippen LogP contribution < -0.4 is 11.1 Å². The van der Waals surface area contributed by atoms with Gasteiger partial charge in [0.2, 0.25) is 0 Å². The number of amides is 1. The lowest BCUT2D eigenvalue weighted by molar-refractivity contribution is 0.0948. The van der Waals surface area contributed by atoms with Crippen LogP contribution in [-0.4, -0.2) is 11.0 Å². The molecule has 0 atom stereocenters. The molecular formula is C16H18N2O2. The van der Waals surface area contributed by atoms with Crippen LogP contribution in [0.4, 0.5) is 0 Å². The lowest BCUT2D eigenvalue weighted by atomic mass is 10.1. The number of carbonyl (C=O) groups is 1. The van der Waals surface area contributed by atoms with Crippen LogP contribution in [0.25, 0.3) is 0 Å². The molecule has 2 aromatic rings. The molecule has 0 heterocycles. The van der Waals surface area contributed by atoms with E-state index in [0.29, 0.717) is 13.1 Å². The molecule has 0 aliphatic carbocycles. The highest BCUT2D eigenvalue weighted by Crippen LogP contribution is 2.18. The third-order valence-corrected chi connectivity index (χ3v) is 3.08. The Hall–Kier alpha value is -2.33. The summed E-state index contributed by atoms with van der Waals surface area (Å²) in [5.41, 5.74) is 8.78. The van der Waals surface area contributed by atoms with Gasteiger partial charge in [-0.15, -0.1) is 0 Å². The SMILES string of the molecule is Cc1ccc(C(=O)NCc2cccc(CN)c2)c(O)c1. The number of aromatic hydroxyl groups is 1. The summed E-state index contributed by atoms with van der Waals surface area (Å²) >= 11 is 0. The second-order valence-corrected chi connectivity index (χ2v) is 4.73. The standard InChI is InChI=1S/C16H18N2O2/c1-11-5-6-14(15(19)7-11)16(20)18-10-13-4-2-3-12(8-13)9-17/h2-8,19H,9-10,17H2,1H3,(H,18,20). The number of hydrogen-bond acceptors (Lipinski definition) is 3. The third-order valence-electron chi connectivity index (χ3n) is 3.08. The Balaban J connectivity index is 2.04. The average molecular weight is 270 g/mol. The fraction of sp³-hybridized carbons (Fsp3) is 0.188. The zero-order chi connectivity index (χ0) is 14.5. The van der Waals surface area contributed by atoms with Gasteiger partial charge in [-0.25, -0.2) is 0 Å². The van der Waals surface area contributed by atoms with Gasteiger partial charge in [0.05, 0.1) is 5.56 Å². The van der Waals surface area contributed by atoms with E-state index in [1.807, 2.05) is 31.2 Å². The van der Waals surface area contributed by atoms with Gasteiger partial charge in [0.15, 0.2) is 0 Å². The molecule has 0 saturated carbocycles. The number of hydrogen-bond donors (Lipinski definition) is 3. The van der Waals surface area contributed by atoms with E-state index in [1.54, 1.807) is 18.2 Å². The van der Waals surface area contributed by atoms with Crippen LogP contribution in [0.5, 0.6) is 5.75 Å². The topological polar surface area (TPSA) is 75.4 Å². The van der Waals surface area contributed by atoms with E-state index in [2.05, 4.69) is 5.32 Å². The molecule has 104 valence electrons. The zero-order valence-electron chi connectivity index (χ0n) is 11.4. The molecule has 0 radical (unpaired) electrons. The van der Waals surface area contributed by atoms with Crippen LogP contribution in [0.15, 0.2) is 42.5 Å². The van der Waals surface area contributed by atoms with Crippen LogP contribution in [0.1, 0.15) is 27.0 Å². The van der Waals surface area contributed by atoms with Crippen molar-refractivity contribution in [1.82, 2.24) is 5.32 Å². The van der Waals surface area contributed by atoms with Crippen LogP contribution in [0.3, 0.4) is 0 Å². The predicted molar refractivity (Wildman–Crippen MR) is 78.3 cm³/mol. The molecule has 4 N–H and O–H groups in total. The molecule has 0 fully saturated rings. The summed E-state index contributed by atoms with van der Waals surface area (Å²) in [4.78, 5) is 12.0. The van der Waals surface area contributed by atoms with Crippen molar-refractivity contribution in [2.24, 2.45) is 5.73 Å². The van der Waals surface area contributed by atoms with Gasteiger partial charge in [-0.05, 0) is 35.7 Å². The molecule has 2 aromatic carbocycles. The molecule has 4 nitrogen and oxygen atoms in total. The van der Waals surface area contributed by atoms with Gasteiger partial charge in [0.1, 0.15) is 5.75 Å². The van der Waals surface area contributed by atoms with E-state index in [0.717, 1.165) is 16.7 Å². The molecule has 4 heteroatoms. The van der Waals surface area contributed by atoms with Crippen molar-refractivity contribution in [2.75, 3.05) is 0 Å². The molecule has 0 aliphatic heterocycles. The van der Waals surface area contributed by atoms with Crippen molar-refractivity contribution >= 4 is 5.91 Å². The van der Waals surface area contributed by atoms with E-state index >= 15 is 0 Å². The van der Waals surface area contributed by atoms with Crippen molar-refractivity contribution in [1.29, 1.82) is 0 Å². The fourth-order valence-electron chi connectivity index (χ4n) is 1.98. The monoisotopic (exact) mass is 270 g/mol. The Kier molecular flexibility index (Phi) is 4.38. The average Bonchev–Trinajstić information content (AvgIpc) is 2.45. The summed E-state index contributed by atoms with van der Waals surface area (Å²) in [5, 5.41) is 12.6. The second kappa shape index (κ2) is 6.21. The maximum absolute atomic E-state index is 12.0. The fourth-order valence-corrected chi connectivity index (χ4v) is 1.98. The van der Waals surface area contributed by atoms with Gasteiger partial charge in [-0.1, -0.05) is 30.3 Å². The summed E-state index contributed by atoms with van der Waals surface area (Å²) in [6, 6.07) is 12.7. The third kappa shape index (κ3) is 3.36. The number of phenolic OH excluding ortho intramolecular Hbond substituents is 1. The van der Waals surface area contributed by atoms with E-state index in [1.165, 1.54) is 0 Å². The second-order valence-electron chi connectivity index (χ2n) is 4.73. The van der Waals surface area contributed by atoms with Crippen molar-refractivity contribution < 1.29 is 9.90 Å². The molecule has 0 unspecified atom stereocenters. The molecule has 0 bridgehead atoms. The van der Waals surface area contributed by atoms with Crippen molar-refractivity contribution in [3.8, 4) is 5.75 Å². The minimum atomic E-state index is -0.291. The first-order valence-electron chi connectivity index (χ1n) is 6.46. The van der Waals surface area contributed by atoms with E-state index in [9.17, 15) is 9.90 Å². The zero-order valence-corrected chi connectivity index (χ0v) is 11.4. The maximum atomic E-state index is 12.0. The minimum Gasteiger partial charge on any atom is -0.507 e. The lowest BCUT2D eigenvalue weighted by Gasteiger charge is -2.08. The summed E-state index contributed by atoms with van der Waals surface area (Å²) in [6.07, 6.45) is 0. The predicted octanol–water partition coefficient (Wildman–Crippen LogP) is 2.09. The van der Waals surface area contributed by atoms with Gasteiger partial charge >= 0.3 is 0 Å². The van der Waals surface area contributed by atoms with Gasteiger partial charge in [0.25, 0.3) is 5.91 Å². The largest absolute Gasteiger partial charge is 0.507 e. The van der Waals surface area contributed by atoms with Crippen LogP contribution in [0, 0.1) is 6.92 Å². The number of nitrogens with one attached hydrogen (secondary N) is 1. The molecule has 0 spiro atoms. The number of nitrogens with two attached hydrogens (primary N) is 1. The number of rotatable bonds is 4.